The lowest BCUT2D eigenvalue weighted by Crippen LogP contribution is -2.68. The Hall–Kier alpha value is -3.37. The second kappa shape index (κ2) is 12.0. The SMILES string of the molecule is CC(C)(C)OC(=O)COc1cc(Cl)ccc1OCC(=O)N1CCN(Cc2ccc(F)cc2)C[C@]1(C)C(N)=O. The number of ether oxygens (including phenoxy) is 3. The number of nitrogens with two attached hydrogens (primary N) is 1. The third-order valence-electron chi connectivity index (χ3n) is 5.94. The highest BCUT2D eigenvalue weighted by Gasteiger charge is 2.45. The number of primary amides is 1. The maximum Gasteiger partial charge on any atom is 0.344 e. The zero-order valence-electron chi connectivity index (χ0n) is 22.0. The number of hydrogen-bond acceptors (Lipinski definition) is 7. The number of nitrogens with zero attached hydrogens (tertiary/aromatic N) is 2. The summed E-state index contributed by atoms with van der Waals surface area (Å²) in [6.45, 7) is 7.47. The second-order valence-corrected chi connectivity index (χ2v) is 10.7. The van der Waals surface area contributed by atoms with Crippen LogP contribution in [0.25, 0.3) is 0 Å². The minimum atomic E-state index is -1.28. The number of rotatable bonds is 9. The van der Waals surface area contributed by atoms with E-state index in [9.17, 15) is 18.8 Å². The lowest BCUT2D eigenvalue weighted by atomic mass is 9.94. The molecule has 2 aromatic rings. The standard InChI is InChI=1S/C27H33ClFN3O6/c1-26(2,3)38-24(34)16-37-22-13-19(28)7-10-21(22)36-15-23(33)32-12-11-31(17-27(32,4)25(30)35)14-18-5-8-20(29)9-6-18/h5-10,13H,11-12,14-17H2,1-4H3,(H2,30,35)/t27-/m1/s1. The normalized spacial score (nSPS) is 18.1. The van der Waals surface area contributed by atoms with E-state index >= 15 is 0 Å². The maximum absolute atomic E-state index is 13.2. The van der Waals surface area contributed by atoms with Crippen LogP contribution in [0.5, 0.6) is 11.5 Å². The van der Waals surface area contributed by atoms with E-state index in [2.05, 4.69) is 0 Å². The van der Waals surface area contributed by atoms with E-state index in [4.69, 9.17) is 31.5 Å². The third-order valence-corrected chi connectivity index (χ3v) is 6.18. The number of amides is 2. The first-order valence-corrected chi connectivity index (χ1v) is 12.5. The first-order valence-electron chi connectivity index (χ1n) is 12.1. The van der Waals surface area contributed by atoms with Gasteiger partial charge in [0.1, 0.15) is 17.0 Å². The van der Waals surface area contributed by atoms with E-state index in [-0.39, 0.29) is 37.0 Å². The van der Waals surface area contributed by atoms with Gasteiger partial charge in [-0.05, 0) is 57.5 Å². The Morgan fingerprint density at radius 1 is 1.03 bits per heavy atom. The summed E-state index contributed by atoms with van der Waals surface area (Å²) in [5.41, 5.74) is 4.66. The maximum atomic E-state index is 13.2. The molecule has 0 radical (unpaired) electrons. The Balaban J connectivity index is 1.65. The molecule has 3 rings (SSSR count). The molecule has 0 aromatic heterocycles. The van der Waals surface area contributed by atoms with Crippen molar-refractivity contribution in [2.75, 3.05) is 32.8 Å². The molecule has 38 heavy (non-hydrogen) atoms. The predicted molar refractivity (Wildman–Crippen MR) is 139 cm³/mol. The Labute approximate surface area is 226 Å². The van der Waals surface area contributed by atoms with Crippen LogP contribution in [0, 0.1) is 5.82 Å². The van der Waals surface area contributed by atoms with E-state index in [1.54, 1.807) is 45.9 Å². The molecule has 2 N–H and O–H groups in total. The van der Waals surface area contributed by atoms with Crippen molar-refractivity contribution in [3.63, 3.8) is 0 Å². The Morgan fingerprint density at radius 2 is 1.68 bits per heavy atom. The number of carbonyl (C=O) groups is 3. The summed E-state index contributed by atoms with van der Waals surface area (Å²) in [5.74, 6) is -1.64. The molecule has 206 valence electrons. The molecule has 0 bridgehead atoms. The molecule has 0 spiro atoms. The van der Waals surface area contributed by atoms with Gasteiger partial charge in [-0.2, -0.15) is 0 Å². The summed E-state index contributed by atoms with van der Waals surface area (Å²) in [5, 5.41) is 0.349. The fourth-order valence-electron chi connectivity index (χ4n) is 4.12. The Morgan fingerprint density at radius 3 is 2.32 bits per heavy atom. The van der Waals surface area contributed by atoms with Crippen LogP contribution in [-0.4, -0.2) is 71.6 Å². The van der Waals surface area contributed by atoms with Crippen LogP contribution in [0.3, 0.4) is 0 Å². The number of benzene rings is 2. The molecular weight excluding hydrogens is 517 g/mol. The van der Waals surface area contributed by atoms with Crippen LogP contribution in [0.1, 0.15) is 33.3 Å². The minimum absolute atomic E-state index is 0.165. The summed E-state index contributed by atoms with van der Waals surface area (Å²) >= 11 is 6.07. The third kappa shape index (κ3) is 7.82. The van der Waals surface area contributed by atoms with E-state index in [0.717, 1.165) is 5.56 Å². The van der Waals surface area contributed by atoms with E-state index < -0.39 is 35.5 Å². The largest absolute Gasteiger partial charge is 0.480 e. The Bertz CT molecular complexity index is 1170. The van der Waals surface area contributed by atoms with Gasteiger partial charge in [-0.15, -0.1) is 0 Å². The summed E-state index contributed by atoms with van der Waals surface area (Å²) < 4.78 is 29.8. The van der Waals surface area contributed by atoms with Crippen molar-refractivity contribution in [2.45, 2.75) is 45.4 Å². The van der Waals surface area contributed by atoms with E-state index in [1.807, 2.05) is 4.90 Å². The van der Waals surface area contributed by atoms with Gasteiger partial charge in [-0.25, -0.2) is 9.18 Å². The van der Waals surface area contributed by atoms with Crippen LogP contribution < -0.4 is 15.2 Å². The van der Waals surface area contributed by atoms with E-state index in [0.29, 0.717) is 18.1 Å². The fourth-order valence-corrected chi connectivity index (χ4v) is 4.28. The molecule has 1 heterocycles. The van der Waals surface area contributed by atoms with Gasteiger partial charge in [-0.3, -0.25) is 14.5 Å². The zero-order valence-corrected chi connectivity index (χ0v) is 22.7. The highest BCUT2D eigenvalue weighted by atomic mass is 35.5. The van der Waals surface area contributed by atoms with Gasteiger partial charge in [0.15, 0.2) is 24.7 Å². The van der Waals surface area contributed by atoms with Crippen LogP contribution in [-0.2, 0) is 25.7 Å². The van der Waals surface area contributed by atoms with Gasteiger partial charge in [0, 0.05) is 37.3 Å². The van der Waals surface area contributed by atoms with Gasteiger partial charge < -0.3 is 24.8 Å². The number of carbonyl (C=O) groups excluding carboxylic acids is 3. The van der Waals surface area contributed by atoms with Gasteiger partial charge in [0.05, 0.1) is 0 Å². The van der Waals surface area contributed by atoms with Gasteiger partial charge in [-0.1, -0.05) is 23.7 Å². The smallest absolute Gasteiger partial charge is 0.344 e. The van der Waals surface area contributed by atoms with E-state index in [1.165, 1.54) is 29.2 Å². The molecule has 0 aliphatic carbocycles. The molecule has 11 heteroatoms. The molecule has 2 aromatic carbocycles. The number of esters is 1. The quantitative estimate of drug-likeness (QED) is 0.478. The molecule has 1 atom stereocenters. The zero-order chi connectivity index (χ0) is 28.1. The molecule has 9 nitrogen and oxygen atoms in total. The van der Waals surface area contributed by atoms with Crippen molar-refractivity contribution in [3.8, 4) is 11.5 Å². The molecule has 1 aliphatic rings. The second-order valence-electron chi connectivity index (χ2n) is 10.3. The monoisotopic (exact) mass is 549 g/mol. The fraction of sp³-hybridized carbons (Fsp3) is 0.444. The Kier molecular flexibility index (Phi) is 9.22. The topological polar surface area (TPSA) is 111 Å². The van der Waals surface area contributed by atoms with Crippen LogP contribution >= 0.6 is 11.6 Å². The molecular formula is C27H33ClFN3O6. The predicted octanol–water partition coefficient (Wildman–Crippen LogP) is 3.17. The molecule has 0 unspecified atom stereocenters. The van der Waals surface area contributed by atoms with Crippen molar-refractivity contribution < 1.29 is 33.0 Å². The van der Waals surface area contributed by atoms with Crippen molar-refractivity contribution in [1.82, 2.24) is 9.80 Å². The van der Waals surface area contributed by atoms with Crippen molar-refractivity contribution >= 4 is 29.4 Å². The summed E-state index contributed by atoms with van der Waals surface area (Å²) in [6, 6.07) is 10.7. The molecule has 0 saturated carbocycles. The highest BCUT2D eigenvalue weighted by molar-refractivity contribution is 6.30. The number of halogens is 2. The molecule has 1 fully saturated rings. The summed E-state index contributed by atoms with van der Waals surface area (Å²) in [7, 11) is 0. The minimum Gasteiger partial charge on any atom is -0.480 e. The van der Waals surface area contributed by atoms with Crippen molar-refractivity contribution in [2.24, 2.45) is 5.73 Å². The lowest BCUT2D eigenvalue weighted by molar-refractivity contribution is -0.157. The van der Waals surface area contributed by atoms with Crippen LogP contribution in [0.4, 0.5) is 4.39 Å². The van der Waals surface area contributed by atoms with Crippen molar-refractivity contribution in [3.05, 3.63) is 58.9 Å². The van der Waals surface area contributed by atoms with Crippen LogP contribution in [0.15, 0.2) is 42.5 Å². The summed E-state index contributed by atoms with van der Waals surface area (Å²) in [4.78, 5) is 41.1. The summed E-state index contributed by atoms with van der Waals surface area (Å²) in [6.07, 6.45) is 0. The average molecular weight is 550 g/mol. The number of piperazine rings is 1. The molecule has 2 amide bonds. The first kappa shape index (κ1) is 29.2. The van der Waals surface area contributed by atoms with Gasteiger partial charge in [0.25, 0.3) is 5.91 Å². The average Bonchev–Trinajstić information content (AvgIpc) is 2.82. The molecule has 1 saturated heterocycles. The first-order chi connectivity index (χ1) is 17.8. The van der Waals surface area contributed by atoms with Crippen LogP contribution in [0.2, 0.25) is 5.02 Å². The number of hydrogen-bond donors (Lipinski definition) is 1. The molecule has 1 aliphatic heterocycles. The van der Waals surface area contributed by atoms with Crippen molar-refractivity contribution in [1.29, 1.82) is 0 Å². The lowest BCUT2D eigenvalue weighted by Gasteiger charge is -2.47. The van der Waals surface area contributed by atoms with Gasteiger partial charge >= 0.3 is 5.97 Å². The highest BCUT2D eigenvalue weighted by Crippen LogP contribution is 2.31. The van der Waals surface area contributed by atoms with Gasteiger partial charge in [0.2, 0.25) is 5.91 Å².